The zero-order valence-electron chi connectivity index (χ0n) is 19.6. The second-order valence-electron chi connectivity index (χ2n) is 8.01. The van der Waals surface area contributed by atoms with Crippen LogP contribution in [0.4, 0.5) is 8.78 Å². The number of hydrazine groups is 1. The van der Waals surface area contributed by atoms with Gasteiger partial charge in [-0.2, -0.15) is 0 Å². The standard InChI is InChI=1S/C18H20F2N4O4.C6H7NS.H2/c1-26-15-8-22-14(17(19)20)5-12(15)11-6-16(23-7-13(11)18(25)24-21)28-9-10-3-2-4-27-10;7-6(8)4-3-5-1-2-5;/h5-8,10,17H,2-4,9,21H2,1H3,(H,24,25);5H,1-2H2,(H2,7,8);1H/t10-;;/m1../s1. The van der Waals surface area contributed by atoms with Crippen molar-refractivity contribution in [3.05, 3.63) is 35.8 Å². The van der Waals surface area contributed by atoms with E-state index < -0.39 is 18.0 Å². The predicted molar refractivity (Wildman–Crippen MR) is 134 cm³/mol. The average Bonchev–Trinajstić information content (AvgIpc) is 3.57. The van der Waals surface area contributed by atoms with Crippen LogP contribution in [-0.2, 0) is 4.74 Å². The topological polar surface area (TPSA) is 135 Å². The third kappa shape index (κ3) is 7.81. The molecule has 1 aliphatic heterocycles. The number of aromatic nitrogens is 2. The number of carbonyl (C=O) groups is 1. The molecular weight excluding hydrogens is 492 g/mol. The summed E-state index contributed by atoms with van der Waals surface area (Å²) >= 11 is 4.55. The number of rotatable bonds is 7. The van der Waals surface area contributed by atoms with E-state index in [-0.39, 0.29) is 35.9 Å². The number of nitrogen functional groups attached to an aromatic ring is 1. The number of pyridine rings is 2. The first-order valence-electron chi connectivity index (χ1n) is 11.2. The second-order valence-corrected chi connectivity index (χ2v) is 8.45. The smallest absolute Gasteiger partial charge is 0.280 e. The minimum atomic E-state index is -2.78. The Labute approximate surface area is 214 Å². The molecule has 3 heterocycles. The van der Waals surface area contributed by atoms with Crippen LogP contribution in [0.3, 0.4) is 0 Å². The molecule has 0 radical (unpaired) electrons. The number of nitrogens with one attached hydrogen (secondary N) is 1. The van der Waals surface area contributed by atoms with Gasteiger partial charge in [-0.15, -0.1) is 0 Å². The number of nitrogens with two attached hydrogens (primary N) is 2. The van der Waals surface area contributed by atoms with Gasteiger partial charge in [0.25, 0.3) is 12.3 Å². The van der Waals surface area contributed by atoms with Crippen molar-refractivity contribution in [1.82, 2.24) is 15.4 Å². The number of amides is 1. The molecule has 2 aromatic rings. The molecule has 1 atom stereocenters. The van der Waals surface area contributed by atoms with Crippen molar-refractivity contribution in [2.24, 2.45) is 17.5 Å². The molecule has 5 N–H and O–H groups in total. The van der Waals surface area contributed by atoms with E-state index in [1.54, 1.807) is 0 Å². The number of hydrogen-bond acceptors (Lipinski definition) is 8. The zero-order chi connectivity index (χ0) is 26.1. The molecule has 9 nitrogen and oxygen atoms in total. The summed E-state index contributed by atoms with van der Waals surface area (Å²) in [4.78, 5) is 20.3. The van der Waals surface area contributed by atoms with Gasteiger partial charge in [-0.1, -0.05) is 18.1 Å². The summed E-state index contributed by atoms with van der Waals surface area (Å²) in [6, 6.07) is 2.64. The number of hydrogen-bond donors (Lipinski definition) is 3. The number of methoxy groups -OCH3 is 1. The van der Waals surface area contributed by atoms with Crippen LogP contribution in [-0.4, -0.2) is 47.3 Å². The highest BCUT2D eigenvalue weighted by Gasteiger charge is 2.22. The Morgan fingerprint density at radius 3 is 2.67 bits per heavy atom. The van der Waals surface area contributed by atoms with Crippen molar-refractivity contribution in [3.63, 3.8) is 0 Å². The van der Waals surface area contributed by atoms with Crippen molar-refractivity contribution in [2.75, 3.05) is 20.3 Å². The number of halogens is 2. The molecule has 2 aromatic heterocycles. The first-order valence-corrected chi connectivity index (χ1v) is 11.6. The van der Waals surface area contributed by atoms with Gasteiger partial charge >= 0.3 is 0 Å². The van der Waals surface area contributed by atoms with Gasteiger partial charge < -0.3 is 19.9 Å². The summed E-state index contributed by atoms with van der Waals surface area (Å²) in [5.41, 5.74) is 7.30. The van der Waals surface area contributed by atoms with E-state index >= 15 is 0 Å². The van der Waals surface area contributed by atoms with Gasteiger partial charge in [-0.3, -0.25) is 15.2 Å². The Balaban J connectivity index is 0.000000457. The maximum Gasteiger partial charge on any atom is 0.280 e. The fraction of sp³-hybridized carbons (Fsp3) is 0.417. The quantitative estimate of drug-likeness (QED) is 0.165. The largest absolute Gasteiger partial charge is 0.494 e. The fourth-order valence-corrected chi connectivity index (χ4v) is 3.36. The molecule has 0 unspecified atom stereocenters. The molecule has 0 bridgehead atoms. The van der Waals surface area contributed by atoms with Crippen LogP contribution >= 0.6 is 12.2 Å². The van der Waals surface area contributed by atoms with Crippen LogP contribution in [0.25, 0.3) is 11.1 Å². The Kier molecular flexibility index (Phi) is 9.86. The maximum absolute atomic E-state index is 13.1. The Hall–Kier alpha value is -3.40. The van der Waals surface area contributed by atoms with Crippen molar-refractivity contribution in [3.8, 4) is 34.6 Å². The highest BCUT2D eigenvalue weighted by Crippen LogP contribution is 2.36. The van der Waals surface area contributed by atoms with Crippen molar-refractivity contribution in [1.29, 1.82) is 0 Å². The van der Waals surface area contributed by atoms with Crippen LogP contribution in [0.2, 0.25) is 0 Å². The van der Waals surface area contributed by atoms with Crippen molar-refractivity contribution in [2.45, 2.75) is 38.2 Å². The third-order valence-corrected chi connectivity index (χ3v) is 5.40. The maximum atomic E-state index is 13.1. The van der Waals surface area contributed by atoms with Gasteiger partial charge in [0.15, 0.2) is 0 Å². The second kappa shape index (κ2) is 13.1. The lowest BCUT2D eigenvalue weighted by molar-refractivity contribution is 0.0663. The molecule has 1 aliphatic carbocycles. The molecule has 194 valence electrons. The monoisotopic (exact) mass is 521 g/mol. The molecule has 0 aromatic carbocycles. The first kappa shape index (κ1) is 27.2. The average molecular weight is 522 g/mol. The number of carbonyl (C=O) groups excluding carboxylic acids is 1. The fourth-order valence-electron chi connectivity index (χ4n) is 3.30. The molecule has 1 saturated heterocycles. The zero-order valence-corrected chi connectivity index (χ0v) is 20.4. The van der Waals surface area contributed by atoms with Gasteiger partial charge in [0.2, 0.25) is 5.88 Å². The molecule has 0 spiro atoms. The summed E-state index contributed by atoms with van der Waals surface area (Å²) in [7, 11) is 1.38. The van der Waals surface area contributed by atoms with Gasteiger partial charge in [0.1, 0.15) is 23.0 Å². The van der Waals surface area contributed by atoms with Crippen LogP contribution in [0, 0.1) is 17.8 Å². The molecule has 1 saturated carbocycles. The number of nitrogens with zero attached hydrogens (tertiary/aromatic N) is 2. The highest BCUT2D eigenvalue weighted by atomic mass is 32.1. The SMILES string of the molecule is COc1cnc(C(F)F)cc1-c1cc(OC[C@H]2CCCO2)ncc1C(=O)NN.NC(=S)C#CC1CC1.[HH]. The van der Waals surface area contributed by atoms with Crippen LogP contribution in [0.15, 0.2) is 24.5 Å². The Morgan fingerprint density at radius 2 is 2.08 bits per heavy atom. The Bertz CT molecular complexity index is 1150. The number of ether oxygens (including phenoxy) is 3. The van der Waals surface area contributed by atoms with E-state index in [4.69, 9.17) is 25.8 Å². The van der Waals surface area contributed by atoms with Gasteiger partial charge in [0, 0.05) is 37.3 Å². The molecule has 2 fully saturated rings. The summed E-state index contributed by atoms with van der Waals surface area (Å²) < 4.78 is 42.7. The molecule has 1 amide bonds. The highest BCUT2D eigenvalue weighted by molar-refractivity contribution is 7.80. The number of thiocarbonyl (C=S) groups is 1. The normalized spacial score (nSPS) is 16.3. The van der Waals surface area contributed by atoms with Crippen LogP contribution < -0.4 is 26.5 Å². The van der Waals surface area contributed by atoms with Gasteiger partial charge in [-0.25, -0.2) is 19.6 Å². The molecule has 4 rings (SSSR count). The lowest BCUT2D eigenvalue weighted by Gasteiger charge is -2.15. The molecule has 2 aliphatic rings. The van der Waals surface area contributed by atoms with E-state index in [0.29, 0.717) is 24.1 Å². The molecule has 12 heteroatoms. The first-order chi connectivity index (χ1) is 17.3. The lowest BCUT2D eigenvalue weighted by atomic mass is 10.0. The summed E-state index contributed by atoms with van der Waals surface area (Å²) in [5.74, 6) is 11.3. The van der Waals surface area contributed by atoms with E-state index in [2.05, 4.69) is 34.0 Å². The van der Waals surface area contributed by atoms with Crippen LogP contribution in [0.5, 0.6) is 11.6 Å². The summed E-state index contributed by atoms with van der Waals surface area (Å²) in [6.45, 7) is 0.984. The van der Waals surface area contributed by atoms with Gasteiger partial charge in [0.05, 0.1) is 25.0 Å². The van der Waals surface area contributed by atoms with Gasteiger partial charge in [-0.05, 0) is 37.7 Å². The van der Waals surface area contributed by atoms with E-state index in [0.717, 1.165) is 18.9 Å². The van der Waals surface area contributed by atoms with Crippen molar-refractivity contribution < 1.29 is 29.2 Å². The molecule has 36 heavy (non-hydrogen) atoms. The van der Waals surface area contributed by atoms with E-state index in [1.807, 2.05) is 5.43 Å². The van der Waals surface area contributed by atoms with Crippen LogP contribution in [0.1, 0.15) is 49.6 Å². The minimum absolute atomic E-state index is 0. The number of alkyl halides is 2. The summed E-state index contributed by atoms with van der Waals surface area (Å²) in [6.07, 6.45) is 3.94. The lowest BCUT2D eigenvalue weighted by Crippen LogP contribution is -2.30. The predicted octanol–water partition coefficient (Wildman–Crippen LogP) is 3.18. The summed E-state index contributed by atoms with van der Waals surface area (Å²) in [5, 5.41) is 0. The third-order valence-electron chi connectivity index (χ3n) is 5.29. The van der Waals surface area contributed by atoms with E-state index in [1.165, 1.54) is 38.4 Å². The minimum Gasteiger partial charge on any atom is -0.494 e. The van der Waals surface area contributed by atoms with E-state index in [9.17, 15) is 13.6 Å². The van der Waals surface area contributed by atoms with Crippen molar-refractivity contribution >= 4 is 23.1 Å². The Morgan fingerprint density at radius 1 is 1.31 bits per heavy atom. The molecular formula is C24H29F2N5O4S.